The molecular weight excluding hydrogens is 230 g/mol. The molecule has 1 aromatic rings. The summed E-state index contributed by atoms with van der Waals surface area (Å²) in [5, 5.41) is 10.9. The normalized spacial score (nSPS) is 17.9. The predicted octanol–water partition coefficient (Wildman–Crippen LogP) is 3.49. The fraction of sp³-hybridized carbons (Fsp3) is 0.357. The highest BCUT2D eigenvalue weighted by Crippen LogP contribution is 2.20. The summed E-state index contributed by atoms with van der Waals surface area (Å²) < 4.78 is 5.40. The molecule has 0 bridgehead atoms. The van der Waals surface area contributed by atoms with Crippen LogP contribution < -0.4 is 0 Å². The maximum Gasteiger partial charge on any atom is 0.0991 e. The fourth-order valence-electron chi connectivity index (χ4n) is 1.70. The summed E-state index contributed by atoms with van der Waals surface area (Å²) in [6.45, 7) is 1.69. The van der Waals surface area contributed by atoms with Crippen LogP contribution in [0.4, 0.5) is 0 Å². The van der Waals surface area contributed by atoms with E-state index in [2.05, 4.69) is 11.5 Å². The first-order valence-electron chi connectivity index (χ1n) is 5.75. The first-order chi connectivity index (χ1) is 8.38. The van der Waals surface area contributed by atoms with Gasteiger partial charge in [-0.2, -0.15) is 5.26 Å². The predicted molar refractivity (Wildman–Crippen MR) is 70.6 cm³/mol. The number of hydrogen-bond donors (Lipinski definition) is 0. The van der Waals surface area contributed by atoms with Crippen LogP contribution in [0.15, 0.2) is 35.2 Å². The van der Waals surface area contributed by atoms with Gasteiger partial charge in [-0.3, -0.25) is 0 Å². The summed E-state index contributed by atoms with van der Waals surface area (Å²) in [6.07, 6.45) is 2.31. The minimum absolute atomic E-state index is 0.720. The molecule has 0 unspecified atom stereocenters. The van der Waals surface area contributed by atoms with E-state index in [4.69, 9.17) is 10.00 Å². The summed E-state index contributed by atoms with van der Waals surface area (Å²) in [5.41, 5.74) is 3.37. The molecule has 1 aliphatic rings. The van der Waals surface area contributed by atoms with Crippen molar-refractivity contribution < 1.29 is 4.74 Å². The Kier molecular flexibility index (Phi) is 4.66. The van der Waals surface area contributed by atoms with Gasteiger partial charge in [-0.1, -0.05) is 12.1 Å². The van der Waals surface area contributed by atoms with E-state index in [1.807, 2.05) is 24.3 Å². The monoisotopic (exact) mass is 245 g/mol. The highest BCUT2D eigenvalue weighted by Gasteiger charge is 2.04. The molecule has 0 amide bonds. The smallest absolute Gasteiger partial charge is 0.0991 e. The molecule has 0 radical (unpaired) electrons. The summed E-state index contributed by atoms with van der Waals surface area (Å²) >= 11 is 1.80. The van der Waals surface area contributed by atoms with E-state index < -0.39 is 0 Å². The molecule has 0 atom stereocenters. The Balaban J connectivity index is 1.83. The molecule has 2 rings (SSSR count). The highest BCUT2D eigenvalue weighted by atomic mass is 32.2. The first-order valence-corrected chi connectivity index (χ1v) is 6.79. The number of nitrogens with zero attached hydrogens (tertiary/aromatic N) is 1. The van der Waals surface area contributed by atoms with E-state index >= 15 is 0 Å². The third-order valence-electron chi connectivity index (χ3n) is 2.66. The lowest BCUT2D eigenvalue weighted by Gasteiger charge is -2.14. The lowest BCUT2D eigenvalue weighted by atomic mass is 10.1. The van der Waals surface area contributed by atoms with Gasteiger partial charge in [0, 0.05) is 12.4 Å². The van der Waals surface area contributed by atoms with Crippen molar-refractivity contribution in [3.63, 3.8) is 0 Å². The summed E-state index contributed by atoms with van der Waals surface area (Å²) in [5.74, 6) is 0.954. The quantitative estimate of drug-likeness (QED) is 0.817. The van der Waals surface area contributed by atoms with Gasteiger partial charge in [0.25, 0.3) is 0 Å². The van der Waals surface area contributed by atoms with Crippen LogP contribution >= 0.6 is 11.8 Å². The summed E-state index contributed by atoms with van der Waals surface area (Å²) in [7, 11) is 0. The summed E-state index contributed by atoms with van der Waals surface area (Å²) in [4.78, 5) is 0. The minimum atomic E-state index is 0.720. The van der Waals surface area contributed by atoms with Crippen molar-refractivity contribution in [1.29, 1.82) is 5.26 Å². The van der Waals surface area contributed by atoms with Gasteiger partial charge in [0.05, 0.1) is 18.2 Å². The van der Waals surface area contributed by atoms with Crippen molar-refractivity contribution in [2.45, 2.75) is 18.6 Å². The molecule has 0 N–H and O–H groups in total. The van der Waals surface area contributed by atoms with Crippen LogP contribution in [0.2, 0.25) is 0 Å². The topological polar surface area (TPSA) is 33.0 Å². The molecule has 0 saturated carbocycles. The molecule has 17 heavy (non-hydrogen) atoms. The fourth-order valence-corrected chi connectivity index (χ4v) is 2.59. The van der Waals surface area contributed by atoms with Crippen LogP contribution in [0.25, 0.3) is 0 Å². The largest absolute Gasteiger partial charge is 0.377 e. The van der Waals surface area contributed by atoms with Gasteiger partial charge in [0.15, 0.2) is 0 Å². The highest BCUT2D eigenvalue weighted by molar-refractivity contribution is 8.01. The minimum Gasteiger partial charge on any atom is -0.377 e. The standard InChI is InChI=1S/C14H15NOS/c15-8-12-3-5-13(6-4-12)10-17-11-14-2-1-7-16-9-14/h3-6,11H,1-2,7,9-10H2/b14-11-. The molecule has 1 aliphatic heterocycles. The van der Waals surface area contributed by atoms with Crippen molar-refractivity contribution in [3.8, 4) is 6.07 Å². The number of nitriles is 1. The Morgan fingerprint density at radius 1 is 1.35 bits per heavy atom. The lowest BCUT2D eigenvalue weighted by molar-refractivity contribution is 0.130. The Morgan fingerprint density at radius 3 is 2.82 bits per heavy atom. The number of rotatable bonds is 3. The molecule has 0 spiro atoms. The Morgan fingerprint density at radius 2 is 2.18 bits per heavy atom. The second-order valence-electron chi connectivity index (χ2n) is 4.05. The zero-order valence-corrected chi connectivity index (χ0v) is 10.5. The number of thioether (sulfide) groups is 1. The second kappa shape index (κ2) is 6.48. The zero-order chi connectivity index (χ0) is 11.9. The van der Waals surface area contributed by atoms with Crippen LogP contribution in [-0.2, 0) is 10.5 Å². The number of benzene rings is 1. The van der Waals surface area contributed by atoms with E-state index in [0.717, 1.165) is 31.0 Å². The van der Waals surface area contributed by atoms with E-state index in [9.17, 15) is 0 Å². The van der Waals surface area contributed by atoms with E-state index in [-0.39, 0.29) is 0 Å². The lowest BCUT2D eigenvalue weighted by Crippen LogP contribution is -2.07. The molecule has 88 valence electrons. The van der Waals surface area contributed by atoms with Gasteiger partial charge >= 0.3 is 0 Å². The average Bonchev–Trinajstić information content (AvgIpc) is 2.41. The van der Waals surface area contributed by atoms with Crippen LogP contribution in [0, 0.1) is 11.3 Å². The van der Waals surface area contributed by atoms with Gasteiger partial charge in [-0.25, -0.2) is 0 Å². The maximum absolute atomic E-state index is 8.70. The zero-order valence-electron chi connectivity index (χ0n) is 9.69. The third kappa shape index (κ3) is 3.92. The second-order valence-corrected chi connectivity index (χ2v) is 4.91. The molecule has 0 aliphatic carbocycles. The van der Waals surface area contributed by atoms with Crippen molar-refractivity contribution in [1.82, 2.24) is 0 Å². The Labute approximate surface area is 106 Å². The van der Waals surface area contributed by atoms with E-state index in [0.29, 0.717) is 0 Å². The van der Waals surface area contributed by atoms with Gasteiger partial charge < -0.3 is 4.74 Å². The Hall–Kier alpha value is -1.24. The first kappa shape index (κ1) is 12.2. The van der Waals surface area contributed by atoms with Crippen LogP contribution in [0.5, 0.6) is 0 Å². The number of ether oxygens (including phenoxy) is 1. The molecule has 1 aromatic carbocycles. The SMILES string of the molecule is N#Cc1ccc(CS/C=C2/CCCOC2)cc1. The molecule has 1 heterocycles. The molecule has 0 aromatic heterocycles. The van der Waals surface area contributed by atoms with Crippen molar-refractivity contribution in [2.24, 2.45) is 0 Å². The molecular formula is C14H15NOS. The maximum atomic E-state index is 8.70. The van der Waals surface area contributed by atoms with Crippen LogP contribution in [0.3, 0.4) is 0 Å². The van der Waals surface area contributed by atoms with E-state index in [1.54, 1.807) is 11.8 Å². The summed E-state index contributed by atoms with van der Waals surface area (Å²) in [6, 6.07) is 9.89. The molecule has 1 saturated heterocycles. The number of hydrogen-bond acceptors (Lipinski definition) is 3. The Bertz CT molecular complexity index is 423. The van der Waals surface area contributed by atoms with Crippen molar-refractivity contribution in [2.75, 3.05) is 13.2 Å². The third-order valence-corrected chi connectivity index (χ3v) is 3.66. The van der Waals surface area contributed by atoms with Gasteiger partial charge in [0.2, 0.25) is 0 Å². The van der Waals surface area contributed by atoms with Crippen LogP contribution in [-0.4, -0.2) is 13.2 Å². The van der Waals surface area contributed by atoms with Crippen molar-refractivity contribution >= 4 is 11.8 Å². The van der Waals surface area contributed by atoms with Gasteiger partial charge in [0.1, 0.15) is 0 Å². The average molecular weight is 245 g/mol. The van der Waals surface area contributed by atoms with Gasteiger partial charge in [-0.15, -0.1) is 11.8 Å². The van der Waals surface area contributed by atoms with E-state index in [1.165, 1.54) is 17.6 Å². The van der Waals surface area contributed by atoms with Crippen molar-refractivity contribution in [3.05, 3.63) is 46.4 Å². The molecule has 3 heteroatoms. The molecule has 2 nitrogen and oxygen atoms in total. The van der Waals surface area contributed by atoms with Crippen LogP contribution in [0.1, 0.15) is 24.0 Å². The molecule has 1 fully saturated rings. The van der Waals surface area contributed by atoms with Gasteiger partial charge in [-0.05, 0) is 41.5 Å².